The van der Waals surface area contributed by atoms with Crippen LogP contribution in [0.5, 0.6) is 0 Å². The van der Waals surface area contributed by atoms with Crippen molar-refractivity contribution in [3.05, 3.63) is 42.2 Å². The Hall–Kier alpha value is -0.890. The van der Waals surface area contributed by atoms with Crippen molar-refractivity contribution in [2.24, 2.45) is 0 Å². The summed E-state index contributed by atoms with van der Waals surface area (Å²) in [6.07, 6.45) is 9.29. The van der Waals surface area contributed by atoms with Gasteiger partial charge in [-0.2, -0.15) is 0 Å². The second-order valence-corrected chi connectivity index (χ2v) is 6.03. The topological polar surface area (TPSA) is 12.9 Å². The average molecular weight is 290 g/mol. The molecule has 0 spiro atoms. The van der Waals surface area contributed by atoms with Crippen molar-refractivity contribution >= 4 is 26.7 Å². The molecule has 0 aliphatic heterocycles. The first-order chi connectivity index (χ1) is 8.36. The van der Waals surface area contributed by atoms with Crippen LogP contribution in [0, 0.1) is 0 Å². The molecule has 88 valence electrons. The van der Waals surface area contributed by atoms with E-state index in [1.54, 1.807) is 0 Å². The van der Waals surface area contributed by atoms with Crippen molar-refractivity contribution in [2.45, 2.75) is 36.4 Å². The van der Waals surface area contributed by atoms with E-state index in [-0.39, 0.29) is 0 Å². The van der Waals surface area contributed by atoms with Gasteiger partial charge < -0.3 is 0 Å². The third-order valence-corrected chi connectivity index (χ3v) is 4.88. The Kier molecular flexibility index (Phi) is 3.15. The van der Waals surface area contributed by atoms with Gasteiger partial charge in [0, 0.05) is 22.6 Å². The van der Waals surface area contributed by atoms with Gasteiger partial charge in [0.15, 0.2) is 0 Å². The summed E-state index contributed by atoms with van der Waals surface area (Å²) < 4.78 is 0. The van der Waals surface area contributed by atoms with E-state index in [9.17, 15) is 0 Å². The molecule has 1 aromatic heterocycles. The van der Waals surface area contributed by atoms with Crippen molar-refractivity contribution in [1.29, 1.82) is 0 Å². The fourth-order valence-corrected chi connectivity index (χ4v) is 3.74. The smallest absolute Gasteiger partial charge is 0.0346 e. The van der Waals surface area contributed by atoms with Gasteiger partial charge in [-0.3, -0.25) is 4.98 Å². The monoisotopic (exact) mass is 289 g/mol. The van der Waals surface area contributed by atoms with Gasteiger partial charge in [0.25, 0.3) is 0 Å². The maximum Gasteiger partial charge on any atom is 0.0346 e. The Morgan fingerprint density at radius 2 is 1.88 bits per heavy atom. The minimum atomic E-state index is 0.615. The van der Waals surface area contributed by atoms with Gasteiger partial charge in [0.1, 0.15) is 0 Å². The summed E-state index contributed by atoms with van der Waals surface area (Å²) >= 11 is 3.85. The molecule has 0 saturated heterocycles. The SMILES string of the molecule is BrC1CCCCC1c1cncc2ccccc12. The maximum absolute atomic E-state index is 4.40. The second-order valence-electron chi connectivity index (χ2n) is 4.86. The summed E-state index contributed by atoms with van der Waals surface area (Å²) in [6.45, 7) is 0. The standard InChI is InChI=1S/C15H16BrN/c16-15-8-4-3-7-13(15)14-10-17-9-11-5-1-2-6-12(11)14/h1-2,5-6,9-10,13,15H,3-4,7-8H2. The lowest BCUT2D eigenvalue weighted by molar-refractivity contribution is 0.462. The molecular weight excluding hydrogens is 274 g/mol. The molecule has 0 radical (unpaired) electrons. The van der Waals surface area contributed by atoms with Gasteiger partial charge in [-0.1, -0.05) is 53.0 Å². The third-order valence-electron chi connectivity index (χ3n) is 3.78. The molecule has 0 amide bonds. The maximum atomic E-state index is 4.40. The number of pyridine rings is 1. The molecule has 0 bridgehead atoms. The highest BCUT2D eigenvalue weighted by atomic mass is 79.9. The minimum absolute atomic E-state index is 0.615. The summed E-state index contributed by atoms with van der Waals surface area (Å²) in [6, 6.07) is 8.58. The zero-order valence-corrected chi connectivity index (χ0v) is 11.4. The number of hydrogen-bond acceptors (Lipinski definition) is 1. The lowest BCUT2D eigenvalue weighted by Gasteiger charge is -2.28. The van der Waals surface area contributed by atoms with Crippen molar-refractivity contribution < 1.29 is 0 Å². The van der Waals surface area contributed by atoms with Gasteiger partial charge in [-0.05, 0) is 29.7 Å². The molecule has 2 heteroatoms. The first-order valence-corrected chi connectivity index (χ1v) is 7.24. The van der Waals surface area contributed by atoms with Crippen molar-refractivity contribution in [3.8, 4) is 0 Å². The molecule has 1 nitrogen and oxygen atoms in total. The van der Waals surface area contributed by atoms with Gasteiger partial charge in [-0.15, -0.1) is 0 Å². The van der Waals surface area contributed by atoms with Crippen LogP contribution < -0.4 is 0 Å². The molecular formula is C15H16BrN. The molecule has 2 unspecified atom stereocenters. The largest absolute Gasteiger partial charge is 0.264 e. The zero-order chi connectivity index (χ0) is 11.7. The van der Waals surface area contributed by atoms with E-state index < -0.39 is 0 Å². The Morgan fingerprint density at radius 1 is 1.06 bits per heavy atom. The quantitative estimate of drug-likeness (QED) is 0.696. The van der Waals surface area contributed by atoms with E-state index in [1.165, 1.54) is 42.0 Å². The van der Waals surface area contributed by atoms with Gasteiger partial charge >= 0.3 is 0 Å². The molecule has 1 heterocycles. The van der Waals surface area contributed by atoms with Crippen molar-refractivity contribution in [3.63, 3.8) is 0 Å². The van der Waals surface area contributed by atoms with Crippen molar-refractivity contribution in [2.75, 3.05) is 0 Å². The van der Waals surface area contributed by atoms with Crippen LogP contribution in [0.15, 0.2) is 36.7 Å². The normalized spacial score (nSPS) is 25.0. The first kappa shape index (κ1) is 11.2. The van der Waals surface area contributed by atoms with E-state index in [1.807, 2.05) is 6.20 Å². The fraction of sp³-hybridized carbons (Fsp3) is 0.400. The highest BCUT2D eigenvalue weighted by molar-refractivity contribution is 9.09. The first-order valence-electron chi connectivity index (χ1n) is 6.33. The van der Waals surface area contributed by atoms with E-state index in [2.05, 4.69) is 51.4 Å². The summed E-state index contributed by atoms with van der Waals surface area (Å²) in [7, 11) is 0. The van der Waals surface area contributed by atoms with E-state index in [4.69, 9.17) is 0 Å². The van der Waals surface area contributed by atoms with Crippen LogP contribution in [0.3, 0.4) is 0 Å². The summed E-state index contributed by atoms with van der Waals surface area (Å²) in [5.74, 6) is 0.627. The highest BCUT2D eigenvalue weighted by Crippen LogP contribution is 2.39. The molecule has 1 saturated carbocycles. The van der Waals surface area contributed by atoms with Crippen LogP contribution >= 0.6 is 15.9 Å². The van der Waals surface area contributed by atoms with Gasteiger partial charge in [0.05, 0.1) is 0 Å². The lowest BCUT2D eigenvalue weighted by atomic mass is 9.83. The van der Waals surface area contributed by atoms with E-state index in [0.717, 1.165) is 0 Å². The summed E-state index contributed by atoms with van der Waals surface area (Å²) in [5.41, 5.74) is 1.42. The molecule has 2 aromatic rings. The Balaban J connectivity index is 2.10. The fourth-order valence-electron chi connectivity index (χ4n) is 2.87. The Morgan fingerprint density at radius 3 is 2.76 bits per heavy atom. The number of rotatable bonds is 1. The van der Waals surface area contributed by atoms with Crippen LogP contribution in [0.1, 0.15) is 37.2 Å². The molecule has 17 heavy (non-hydrogen) atoms. The predicted molar refractivity (Wildman–Crippen MR) is 75.7 cm³/mol. The van der Waals surface area contributed by atoms with Crippen LogP contribution in [-0.2, 0) is 0 Å². The number of halogens is 1. The number of benzene rings is 1. The summed E-state index contributed by atoms with van der Waals surface area (Å²) in [4.78, 5) is 5.02. The van der Waals surface area contributed by atoms with E-state index >= 15 is 0 Å². The van der Waals surface area contributed by atoms with Crippen LogP contribution in [-0.4, -0.2) is 9.81 Å². The number of hydrogen-bond donors (Lipinski definition) is 0. The molecule has 3 rings (SSSR count). The van der Waals surface area contributed by atoms with Crippen LogP contribution in [0.2, 0.25) is 0 Å². The molecule has 1 aliphatic carbocycles. The molecule has 1 aliphatic rings. The Bertz CT molecular complexity index is 518. The highest BCUT2D eigenvalue weighted by Gasteiger charge is 2.25. The number of alkyl halides is 1. The Labute approximate surface area is 110 Å². The van der Waals surface area contributed by atoms with Crippen molar-refractivity contribution in [1.82, 2.24) is 4.98 Å². The van der Waals surface area contributed by atoms with E-state index in [0.29, 0.717) is 10.7 Å². The number of fused-ring (bicyclic) bond motifs is 1. The van der Waals surface area contributed by atoms with Gasteiger partial charge in [-0.25, -0.2) is 0 Å². The zero-order valence-electron chi connectivity index (χ0n) is 9.77. The second kappa shape index (κ2) is 4.77. The van der Waals surface area contributed by atoms with Crippen LogP contribution in [0.4, 0.5) is 0 Å². The summed E-state index contributed by atoms with van der Waals surface area (Å²) in [5, 5.41) is 2.63. The predicted octanol–water partition coefficient (Wildman–Crippen LogP) is 4.66. The number of aromatic nitrogens is 1. The van der Waals surface area contributed by atoms with Gasteiger partial charge in [0.2, 0.25) is 0 Å². The molecule has 1 aromatic carbocycles. The average Bonchev–Trinajstić information content (AvgIpc) is 2.39. The van der Waals surface area contributed by atoms with Crippen LogP contribution in [0.25, 0.3) is 10.8 Å². The molecule has 1 fully saturated rings. The number of nitrogens with zero attached hydrogens (tertiary/aromatic N) is 1. The minimum Gasteiger partial charge on any atom is -0.264 e. The molecule has 2 atom stereocenters. The molecule has 0 N–H and O–H groups in total. The lowest BCUT2D eigenvalue weighted by Crippen LogP contribution is -2.17. The third kappa shape index (κ3) is 2.11.